The predicted octanol–water partition coefficient (Wildman–Crippen LogP) is 5.16. The lowest BCUT2D eigenvalue weighted by molar-refractivity contribution is -0.146. The van der Waals surface area contributed by atoms with Crippen molar-refractivity contribution in [2.75, 3.05) is 71.3 Å². The maximum atomic E-state index is 13.1. The molecule has 0 amide bonds. The number of ether oxygens (including phenoxy) is 1. The summed E-state index contributed by atoms with van der Waals surface area (Å²) in [6, 6.07) is 0. The fraction of sp³-hybridized carbons (Fsp3) is 0.955. The molecule has 0 atom stereocenters. The van der Waals surface area contributed by atoms with Crippen molar-refractivity contribution in [3.63, 3.8) is 0 Å². The van der Waals surface area contributed by atoms with Gasteiger partial charge in [-0.2, -0.15) is 0 Å². The van der Waals surface area contributed by atoms with Gasteiger partial charge >= 0.3 is 5.97 Å². The quantitative estimate of drug-likeness (QED) is 0.206. The normalized spacial score (nSPS) is 12.5. The van der Waals surface area contributed by atoms with Crippen molar-refractivity contribution < 1.29 is 9.53 Å². The molecule has 0 rings (SSSR count). The first-order valence-electron chi connectivity index (χ1n) is 12.1. The van der Waals surface area contributed by atoms with E-state index in [-0.39, 0.29) is 11.9 Å². The average Bonchev–Trinajstić information content (AvgIpc) is 2.76. The van der Waals surface area contributed by atoms with Gasteiger partial charge in [0.05, 0.1) is 12.5 Å². The maximum Gasteiger partial charge on any atom is 0.309 e. The Hall–Kier alpha value is 0.170. The zero-order chi connectivity index (χ0) is 23.1. The summed E-state index contributed by atoms with van der Waals surface area (Å²) in [6.45, 7) is 28.5. The Bertz CT molecular complexity index is 375. The third-order valence-electron chi connectivity index (χ3n) is 5.61. The number of hydrogen-bond donors (Lipinski definition) is 0. The van der Waals surface area contributed by atoms with E-state index in [1.807, 2.05) is 6.92 Å². The molecule has 8 heteroatoms. The van der Waals surface area contributed by atoms with Gasteiger partial charge in [0.2, 0.25) is 0 Å². The number of rotatable bonds is 18. The van der Waals surface area contributed by atoms with Crippen LogP contribution in [0.15, 0.2) is 0 Å². The molecule has 0 bridgehead atoms. The Balaban J connectivity index is 5.94. The molecular formula is C22H50N4O2P2. The van der Waals surface area contributed by atoms with Crippen LogP contribution < -0.4 is 0 Å². The number of carbonyl (C=O) groups is 1. The van der Waals surface area contributed by atoms with E-state index in [0.717, 1.165) is 64.7 Å². The summed E-state index contributed by atoms with van der Waals surface area (Å²) in [5.41, 5.74) is 0. The van der Waals surface area contributed by atoms with Crippen LogP contribution in [0.4, 0.5) is 0 Å². The molecule has 0 N–H and O–H groups in total. The zero-order valence-corrected chi connectivity index (χ0v) is 23.1. The Kier molecular flexibility index (Phi) is 17.8. The second-order valence-corrected chi connectivity index (χ2v) is 11.6. The molecule has 0 aromatic carbocycles. The monoisotopic (exact) mass is 464 g/mol. The molecule has 30 heavy (non-hydrogen) atoms. The second kappa shape index (κ2) is 17.7. The van der Waals surface area contributed by atoms with Crippen molar-refractivity contribution in [3.05, 3.63) is 0 Å². The highest BCUT2D eigenvalue weighted by molar-refractivity contribution is 7.53. The Morgan fingerprint density at radius 2 is 0.867 bits per heavy atom. The van der Waals surface area contributed by atoms with Crippen molar-refractivity contribution in [1.82, 2.24) is 18.7 Å². The van der Waals surface area contributed by atoms with E-state index in [0.29, 0.717) is 6.61 Å². The zero-order valence-electron chi connectivity index (χ0n) is 21.4. The minimum absolute atomic E-state index is 0.00359. The number of carbonyl (C=O) groups excluding carboxylic acids is 1. The SMILES string of the molecule is CCOC(=O)C(CP(N(CC)CC)N(CC)CC)CP(N(CC)CC)N(CC)CC. The highest BCUT2D eigenvalue weighted by Crippen LogP contribution is 2.50. The lowest BCUT2D eigenvalue weighted by Gasteiger charge is -2.42. The summed E-state index contributed by atoms with van der Waals surface area (Å²) in [7, 11) is -1.03. The third-order valence-corrected chi connectivity index (χ3v) is 12.0. The predicted molar refractivity (Wildman–Crippen MR) is 135 cm³/mol. The summed E-state index contributed by atoms with van der Waals surface area (Å²) in [4.78, 5) is 13.1. The second-order valence-electron chi connectivity index (χ2n) is 7.11. The van der Waals surface area contributed by atoms with Crippen molar-refractivity contribution in [1.29, 1.82) is 0 Å². The van der Waals surface area contributed by atoms with E-state index in [9.17, 15) is 4.79 Å². The highest BCUT2D eigenvalue weighted by atomic mass is 31.1. The van der Waals surface area contributed by atoms with Crippen LogP contribution in [0.25, 0.3) is 0 Å². The number of hydrogen-bond acceptors (Lipinski definition) is 6. The summed E-state index contributed by atoms with van der Waals surface area (Å²) < 4.78 is 15.8. The van der Waals surface area contributed by atoms with Gasteiger partial charge in [-0.3, -0.25) is 23.5 Å². The van der Waals surface area contributed by atoms with Gasteiger partial charge in [0, 0.05) is 81.1 Å². The smallest absolute Gasteiger partial charge is 0.309 e. The van der Waals surface area contributed by atoms with Gasteiger partial charge in [-0.15, -0.1) is 0 Å². The van der Waals surface area contributed by atoms with Crippen LogP contribution in [-0.4, -0.2) is 95.9 Å². The first-order chi connectivity index (χ1) is 14.4. The van der Waals surface area contributed by atoms with Gasteiger partial charge in [0.15, 0.2) is 0 Å². The molecule has 180 valence electrons. The van der Waals surface area contributed by atoms with E-state index in [4.69, 9.17) is 4.74 Å². The van der Waals surface area contributed by atoms with Gasteiger partial charge < -0.3 is 4.74 Å². The standard InChI is InChI=1S/C22H50N4O2P2/c1-10-23(11-2)29(24(12-3)13-4)19-21(22(27)28-18-9)20-30(25(14-5)15-6)26(16-7)17-8/h21H,10-20H2,1-9H3. The molecule has 0 aliphatic heterocycles. The summed E-state index contributed by atoms with van der Waals surface area (Å²) in [6.07, 6.45) is 1.80. The topological polar surface area (TPSA) is 39.3 Å². The van der Waals surface area contributed by atoms with Gasteiger partial charge in [0.25, 0.3) is 0 Å². The minimum atomic E-state index is -0.517. The fourth-order valence-corrected chi connectivity index (χ4v) is 9.68. The van der Waals surface area contributed by atoms with Crippen LogP contribution in [0.1, 0.15) is 62.3 Å². The van der Waals surface area contributed by atoms with Gasteiger partial charge in [0.1, 0.15) is 0 Å². The third kappa shape index (κ3) is 9.35. The van der Waals surface area contributed by atoms with E-state index in [1.54, 1.807) is 0 Å². The van der Waals surface area contributed by atoms with Crippen LogP contribution in [0.3, 0.4) is 0 Å². The summed E-state index contributed by atoms with van der Waals surface area (Å²) in [5, 5.41) is 0. The minimum Gasteiger partial charge on any atom is -0.466 e. The highest BCUT2D eigenvalue weighted by Gasteiger charge is 2.34. The van der Waals surface area contributed by atoms with E-state index in [2.05, 4.69) is 74.1 Å². The van der Waals surface area contributed by atoms with Gasteiger partial charge in [-0.05, 0) is 6.92 Å². The molecule has 0 spiro atoms. The van der Waals surface area contributed by atoms with Gasteiger partial charge in [-0.25, -0.2) is 0 Å². The van der Waals surface area contributed by atoms with Crippen LogP contribution in [0.2, 0.25) is 0 Å². The Labute approximate surface area is 190 Å². The lowest BCUT2D eigenvalue weighted by atomic mass is 10.2. The molecule has 0 fully saturated rings. The average molecular weight is 465 g/mol. The van der Waals surface area contributed by atoms with Crippen molar-refractivity contribution in [2.45, 2.75) is 62.3 Å². The molecule has 0 saturated heterocycles. The summed E-state index contributed by atoms with van der Waals surface area (Å²) in [5.74, 6) is -0.0549. The van der Waals surface area contributed by atoms with E-state index >= 15 is 0 Å². The van der Waals surface area contributed by atoms with Crippen LogP contribution >= 0.6 is 16.4 Å². The molecule has 0 saturated carbocycles. The molecule has 0 aromatic heterocycles. The van der Waals surface area contributed by atoms with E-state index in [1.165, 1.54) is 0 Å². The molecule has 0 aliphatic carbocycles. The van der Waals surface area contributed by atoms with Crippen molar-refractivity contribution >= 4 is 22.4 Å². The van der Waals surface area contributed by atoms with Crippen molar-refractivity contribution in [2.24, 2.45) is 5.92 Å². The molecular weight excluding hydrogens is 414 g/mol. The van der Waals surface area contributed by atoms with Crippen LogP contribution in [-0.2, 0) is 9.53 Å². The number of esters is 1. The molecule has 0 heterocycles. The molecule has 0 aromatic rings. The van der Waals surface area contributed by atoms with Crippen LogP contribution in [0.5, 0.6) is 0 Å². The number of nitrogens with zero attached hydrogens (tertiary/aromatic N) is 4. The van der Waals surface area contributed by atoms with Crippen molar-refractivity contribution in [3.8, 4) is 0 Å². The largest absolute Gasteiger partial charge is 0.466 e. The first kappa shape index (κ1) is 30.2. The molecule has 6 nitrogen and oxygen atoms in total. The molecule has 0 unspecified atom stereocenters. The molecule has 0 radical (unpaired) electrons. The fourth-order valence-electron chi connectivity index (χ4n) is 3.88. The lowest BCUT2D eigenvalue weighted by Crippen LogP contribution is -2.37. The first-order valence-corrected chi connectivity index (χ1v) is 15.0. The Morgan fingerprint density at radius 1 is 0.600 bits per heavy atom. The summed E-state index contributed by atoms with van der Waals surface area (Å²) >= 11 is 0. The Morgan fingerprint density at radius 3 is 1.07 bits per heavy atom. The van der Waals surface area contributed by atoms with Crippen LogP contribution in [0, 0.1) is 5.92 Å². The van der Waals surface area contributed by atoms with E-state index < -0.39 is 16.4 Å². The van der Waals surface area contributed by atoms with Gasteiger partial charge in [-0.1, -0.05) is 55.4 Å². The maximum absolute atomic E-state index is 13.1. The molecule has 0 aliphatic rings.